The predicted molar refractivity (Wildman–Crippen MR) is 131 cm³/mol. The Morgan fingerprint density at radius 3 is 2.06 bits per heavy atom. The highest BCUT2D eigenvalue weighted by molar-refractivity contribution is 7.89. The van der Waals surface area contributed by atoms with Crippen molar-refractivity contribution in [1.82, 2.24) is 5.32 Å². The Labute approximate surface area is 201 Å². The van der Waals surface area contributed by atoms with Gasteiger partial charge in [-0.1, -0.05) is 42.5 Å². The van der Waals surface area contributed by atoms with Gasteiger partial charge in [-0.05, 0) is 58.5 Å². The first kappa shape index (κ1) is 23.9. The maximum absolute atomic E-state index is 12.7. The van der Waals surface area contributed by atoms with Crippen LogP contribution < -0.4 is 10.5 Å². The molecule has 178 valence electrons. The molecule has 0 bridgehead atoms. The number of carbonyl (C=O) groups excluding carboxylic acids is 1. The van der Waals surface area contributed by atoms with Crippen LogP contribution in [-0.4, -0.2) is 30.5 Å². The highest BCUT2D eigenvalue weighted by Crippen LogP contribution is 2.31. The van der Waals surface area contributed by atoms with Crippen LogP contribution in [0.25, 0.3) is 10.8 Å². The van der Waals surface area contributed by atoms with Crippen molar-refractivity contribution in [2.45, 2.75) is 17.9 Å². The molecule has 0 unspecified atom stereocenters. The van der Waals surface area contributed by atoms with Crippen LogP contribution in [0.1, 0.15) is 37.4 Å². The predicted octanol–water partition coefficient (Wildman–Crippen LogP) is 3.41. The molecule has 0 saturated heterocycles. The third kappa shape index (κ3) is 5.48. The maximum Gasteiger partial charge on any atom is 0.335 e. The number of phenolic OH excluding ortho intramolecular Hbond substituents is 1. The number of hydrogen-bond acceptors (Lipinski definition) is 5. The summed E-state index contributed by atoms with van der Waals surface area (Å²) in [6.07, 6.45) is 0.395. The zero-order chi connectivity index (χ0) is 25.2. The third-order valence-electron chi connectivity index (χ3n) is 5.64. The number of aromatic hydroxyl groups is 1. The van der Waals surface area contributed by atoms with Crippen LogP contribution in [0.2, 0.25) is 0 Å². The van der Waals surface area contributed by atoms with E-state index in [0.717, 1.165) is 10.9 Å². The second-order valence-corrected chi connectivity index (χ2v) is 9.62. The number of carbonyl (C=O) groups is 2. The molecule has 0 heterocycles. The molecule has 4 rings (SSSR count). The van der Waals surface area contributed by atoms with E-state index in [0.29, 0.717) is 28.5 Å². The van der Waals surface area contributed by atoms with Gasteiger partial charge in [-0.2, -0.15) is 0 Å². The fourth-order valence-corrected chi connectivity index (χ4v) is 4.21. The number of primary sulfonamides is 1. The number of amides is 1. The van der Waals surface area contributed by atoms with Gasteiger partial charge in [0, 0.05) is 23.9 Å². The second kappa shape index (κ2) is 9.57. The molecule has 4 aromatic carbocycles. The fourth-order valence-electron chi connectivity index (χ4n) is 3.70. The number of benzene rings is 4. The van der Waals surface area contributed by atoms with Crippen molar-refractivity contribution in [3.63, 3.8) is 0 Å². The number of rotatable bonds is 7. The smallest absolute Gasteiger partial charge is 0.335 e. The maximum atomic E-state index is 12.7. The lowest BCUT2D eigenvalue weighted by atomic mass is 9.98. The quantitative estimate of drug-likeness (QED) is 0.312. The first-order chi connectivity index (χ1) is 16.6. The number of carboxylic acid groups (broad SMARTS) is 1. The van der Waals surface area contributed by atoms with Crippen molar-refractivity contribution in [1.29, 1.82) is 0 Å². The Balaban J connectivity index is 1.51. The van der Waals surface area contributed by atoms with Gasteiger partial charge in [0.05, 0.1) is 10.5 Å². The lowest BCUT2D eigenvalue weighted by Crippen LogP contribution is -2.22. The van der Waals surface area contributed by atoms with Gasteiger partial charge in [-0.3, -0.25) is 4.79 Å². The highest BCUT2D eigenvalue weighted by Gasteiger charge is 2.13. The zero-order valence-corrected chi connectivity index (χ0v) is 19.2. The number of phenols is 1. The van der Waals surface area contributed by atoms with Gasteiger partial charge < -0.3 is 15.5 Å². The van der Waals surface area contributed by atoms with Crippen LogP contribution in [0.3, 0.4) is 0 Å². The molecule has 9 heteroatoms. The number of sulfonamides is 1. The molecule has 1 amide bonds. The zero-order valence-electron chi connectivity index (χ0n) is 18.4. The number of hydrogen-bond donors (Lipinski definition) is 4. The van der Waals surface area contributed by atoms with Crippen molar-refractivity contribution >= 4 is 32.7 Å². The van der Waals surface area contributed by atoms with E-state index in [2.05, 4.69) is 5.32 Å². The SMILES string of the molecule is NS(=O)(=O)c1ccc(CNC(=O)c2ccc3ccc(Cc4ccc(C(=O)O)cc4)c(O)c3c2)cc1. The summed E-state index contributed by atoms with van der Waals surface area (Å²) in [5.41, 5.74) is 2.73. The lowest BCUT2D eigenvalue weighted by Gasteiger charge is -2.11. The Morgan fingerprint density at radius 2 is 1.43 bits per heavy atom. The summed E-state index contributed by atoms with van der Waals surface area (Å²) in [4.78, 5) is 23.7. The normalized spacial score (nSPS) is 11.3. The van der Waals surface area contributed by atoms with Crippen LogP contribution in [0, 0.1) is 0 Å². The first-order valence-corrected chi connectivity index (χ1v) is 12.1. The van der Waals surface area contributed by atoms with E-state index >= 15 is 0 Å². The van der Waals surface area contributed by atoms with E-state index in [1.54, 1.807) is 48.5 Å². The summed E-state index contributed by atoms with van der Waals surface area (Å²) in [6.45, 7) is 0.181. The molecule has 0 atom stereocenters. The molecule has 35 heavy (non-hydrogen) atoms. The number of nitrogens with one attached hydrogen (secondary N) is 1. The molecule has 0 spiro atoms. The minimum Gasteiger partial charge on any atom is -0.507 e. The number of aromatic carboxylic acids is 1. The molecule has 0 radical (unpaired) electrons. The molecule has 0 aliphatic heterocycles. The fraction of sp³-hybridized carbons (Fsp3) is 0.0769. The monoisotopic (exact) mass is 490 g/mol. The van der Waals surface area contributed by atoms with Crippen molar-refractivity contribution in [2.24, 2.45) is 5.14 Å². The molecule has 0 aliphatic rings. The molecule has 4 aromatic rings. The van der Waals surface area contributed by atoms with Crippen molar-refractivity contribution in [3.05, 3.63) is 107 Å². The minimum atomic E-state index is -3.78. The Bertz CT molecular complexity index is 1530. The van der Waals surface area contributed by atoms with E-state index in [1.165, 1.54) is 24.3 Å². The Morgan fingerprint density at radius 1 is 0.829 bits per heavy atom. The largest absolute Gasteiger partial charge is 0.507 e. The summed E-state index contributed by atoms with van der Waals surface area (Å²) in [5, 5.41) is 29.1. The van der Waals surface area contributed by atoms with Crippen molar-refractivity contribution in [3.8, 4) is 5.75 Å². The van der Waals surface area contributed by atoms with Crippen molar-refractivity contribution < 1.29 is 28.2 Å². The van der Waals surface area contributed by atoms with E-state index in [1.807, 2.05) is 6.07 Å². The van der Waals surface area contributed by atoms with Gasteiger partial charge in [0.25, 0.3) is 5.91 Å². The lowest BCUT2D eigenvalue weighted by molar-refractivity contribution is 0.0696. The molecule has 0 saturated carbocycles. The van der Waals surface area contributed by atoms with Crippen LogP contribution in [-0.2, 0) is 23.0 Å². The van der Waals surface area contributed by atoms with E-state index < -0.39 is 16.0 Å². The highest BCUT2D eigenvalue weighted by atomic mass is 32.2. The molecular formula is C26H22N2O6S. The average Bonchev–Trinajstić information content (AvgIpc) is 2.84. The van der Waals surface area contributed by atoms with Gasteiger partial charge in [-0.25, -0.2) is 18.4 Å². The standard InChI is InChI=1S/C26H22N2O6S/c27-35(33,34)22-11-3-17(4-12-22)15-28-25(30)21-10-8-18-7-9-20(24(29)23(18)14-21)13-16-1-5-19(6-2-16)26(31)32/h1-12,14,29H,13,15H2,(H,28,30)(H,31,32)(H2,27,33,34). The van der Waals surface area contributed by atoms with Crippen LogP contribution in [0.15, 0.2) is 83.8 Å². The van der Waals surface area contributed by atoms with E-state index in [-0.39, 0.29) is 28.7 Å². The van der Waals surface area contributed by atoms with Gasteiger partial charge >= 0.3 is 5.97 Å². The molecule has 0 aliphatic carbocycles. The van der Waals surface area contributed by atoms with Crippen molar-refractivity contribution in [2.75, 3.05) is 0 Å². The Hall–Kier alpha value is -4.21. The number of nitrogens with two attached hydrogens (primary N) is 1. The molecular weight excluding hydrogens is 468 g/mol. The summed E-state index contributed by atoms with van der Waals surface area (Å²) in [6, 6.07) is 21.0. The van der Waals surface area contributed by atoms with Gasteiger partial charge in [0.15, 0.2) is 0 Å². The molecule has 0 aromatic heterocycles. The van der Waals surface area contributed by atoms with Crippen LogP contribution in [0.4, 0.5) is 0 Å². The van der Waals surface area contributed by atoms with Crippen LogP contribution in [0.5, 0.6) is 5.75 Å². The topological polar surface area (TPSA) is 147 Å². The molecule has 5 N–H and O–H groups in total. The average molecular weight is 491 g/mol. The number of carboxylic acids is 1. The van der Waals surface area contributed by atoms with Crippen LogP contribution >= 0.6 is 0 Å². The summed E-state index contributed by atoms with van der Waals surface area (Å²) < 4.78 is 22.7. The van der Waals surface area contributed by atoms with E-state index in [4.69, 9.17) is 10.2 Å². The number of fused-ring (bicyclic) bond motifs is 1. The minimum absolute atomic E-state index is 0.00814. The van der Waals surface area contributed by atoms with Gasteiger partial charge in [0.2, 0.25) is 10.0 Å². The second-order valence-electron chi connectivity index (χ2n) is 8.06. The molecule has 8 nitrogen and oxygen atoms in total. The van der Waals surface area contributed by atoms with E-state index in [9.17, 15) is 23.1 Å². The summed E-state index contributed by atoms with van der Waals surface area (Å²) in [7, 11) is -3.78. The summed E-state index contributed by atoms with van der Waals surface area (Å²) >= 11 is 0. The van der Waals surface area contributed by atoms with Gasteiger partial charge in [0.1, 0.15) is 5.75 Å². The summed E-state index contributed by atoms with van der Waals surface area (Å²) in [5.74, 6) is -1.30. The first-order valence-electron chi connectivity index (χ1n) is 10.6. The van der Waals surface area contributed by atoms with Gasteiger partial charge in [-0.15, -0.1) is 0 Å². The Kier molecular flexibility index (Phi) is 6.54. The third-order valence-corrected chi connectivity index (χ3v) is 6.57. The molecule has 0 fully saturated rings.